The zero-order valence-electron chi connectivity index (χ0n) is 7.12. The number of carboxylic acids is 1. The molecule has 0 aliphatic rings. The summed E-state index contributed by atoms with van der Waals surface area (Å²) in [5, 5.41) is 20.0. The van der Waals surface area contributed by atoms with Gasteiger partial charge in [-0.05, 0) is 6.42 Å². The van der Waals surface area contributed by atoms with Gasteiger partial charge in [0.2, 0.25) is 0 Å². The summed E-state index contributed by atoms with van der Waals surface area (Å²) in [6.45, 7) is 0.648. The van der Waals surface area contributed by atoms with Gasteiger partial charge in [-0.3, -0.25) is 4.79 Å². The van der Waals surface area contributed by atoms with E-state index in [9.17, 15) is 4.79 Å². The second-order valence-electron chi connectivity index (χ2n) is 2.46. The van der Waals surface area contributed by atoms with Crippen molar-refractivity contribution < 1.29 is 19.7 Å². The van der Waals surface area contributed by atoms with Crippen LogP contribution in [0.1, 0.15) is 6.42 Å². The van der Waals surface area contributed by atoms with Gasteiger partial charge in [-0.2, -0.15) is 0 Å². The average Bonchev–Trinajstić information content (AvgIpc) is 2.00. The van der Waals surface area contributed by atoms with Crippen LogP contribution >= 0.6 is 0 Å². The molecule has 0 rings (SSSR count). The van der Waals surface area contributed by atoms with Crippen molar-refractivity contribution in [1.82, 2.24) is 5.32 Å². The Hall–Kier alpha value is -0.650. The van der Waals surface area contributed by atoms with E-state index in [0.717, 1.165) is 0 Å². The molecule has 3 N–H and O–H groups in total. The molecular formula is C7H15NO4. The molecule has 0 saturated carbocycles. The Kier molecular flexibility index (Phi) is 6.64. The van der Waals surface area contributed by atoms with Crippen LogP contribution in [0, 0.1) is 0 Å². The summed E-state index contributed by atoms with van der Waals surface area (Å²) in [6, 6.07) is 0. The molecule has 0 aromatic rings. The number of hydrogen-bond acceptors (Lipinski definition) is 4. The zero-order chi connectivity index (χ0) is 9.40. The summed E-state index contributed by atoms with van der Waals surface area (Å²) in [5.41, 5.74) is 0. The molecule has 0 radical (unpaired) electrons. The average molecular weight is 177 g/mol. The molecule has 0 aliphatic heterocycles. The molecule has 1 atom stereocenters. The topological polar surface area (TPSA) is 78.8 Å². The minimum Gasteiger partial charge on any atom is -0.480 e. The van der Waals surface area contributed by atoms with Crippen LogP contribution in [0.5, 0.6) is 0 Å². The highest BCUT2D eigenvalue weighted by Crippen LogP contribution is 1.88. The highest BCUT2D eigenvalue weighted by Gasteiger charge is 2.03. The monoisotopic (exact) mass is 177 g/mol. The second-order valence-corrected chi connectivity index (χ2v) is 2.46. The van der Waals surface area contributed by atoms with E-state index in [0.29, 0.717) is 13.0 Å². The van der Waals surface area contributed by atoms with Crippen LogP contribution in [0.25, 0.3) is 0 Å². The largest absolute Gasteiger partial charge is 0.480 e. The highest BCUT2D eigenvalue weighted by molar-refractivity contribution is 5.68. The standard InChI is InChI=1S/C7H15NO4/c1-12-3-2-6(9)4-8-5-7(10)11/h6,8-9H,2-5H2,1H3,(H,10,11). The van der Waals surface area contributed by atoms with Gasteiger partial charge in [0.25, 0.3) is 0 Å². The third kappa shape index (κ3) is 7.46. The smallest absolute Gasteiger partial charge is 0.317 e. The molecule has 5 heteroatoms. The molecule has 0 aromatic heterocycles. The summed E-state index contributed by atoms with van der Waals surface area (Å²) in [6.07, 6.45) is -0.0207. The maximum Gasteiger partial charge on any atom is 0.317 e. The van der Waals surface area contributed by atoms with Gasteiger partial charge >= 0.3 is 5.97 Å². The SMILES string of the molecule is COCCC(O)CNCC(=O)O. The van der Waals surface area contributed by atoms with Crippen molar-refractivity contribution in [2.45, 2.75) is 12.5 Å². The number of methoxy groups -OCH3 is 1. The summed E-state index contributed by atoms with van der Waals surface area (Å²) in [7, 11) is 1.55. The zero-order valence-corrected chi connectivity index (χ0v) is 7.12. The van der Waals surface area contributed by atoms with E-state index < -0.39 is 12.1 Å². The van der Waals surface area contributed by atoms with E-state index in [-0.39, 0.29) is 13.1 Å². The molecule has 5 nitrogen and oxygen atoms in total. The van der Waals surface area contributed by atoms with Crippen LogP contribution in [0.4, 0.5) is 0 Å². The van der Waals surface area contributed by atoms with Gasteiger partial charge < -0.3 is 20.3 Å². The first-order valence-corrected chi connectivity index (χ1v) is 3.76. The number of ether oxygens (including phenoxy) is 1. The molecule has 0 amide bonds. The van der Waals surface area contributed by atoms with Crippen molar-refractivity contribution in [3.8, 4) is 0 Å². The summed E-state index contributed by atoms with van der Waals surface area (Å²) in [5.74, 6) is -0.922. The van der Waals surface area contributed by atoms with E-state index in [4.69, 9.17) is 14.9 Å². The van der Waals surface area contributed by atoms with Gasteiger partial charge in [0.15, 0.2) is 0 Å². The first-order chi connectivity index (χ1) is 5.66. The molecular weight excluding hydrogens is 162 g/mol. The second kappa shape index (κ2) is 7.02. The molecule has 0 aliphatic carbocycles. The predicted octanol–water partition coefficient (Wildman–Crippen LogP) is -0.942. The Morgan fingerprint density at radius 2 is 2.33 bits per heavy atom. The number of aliphatic carboxylic acids is 1. The lowest BCUT2D eigenvalue weighted by Gasteiger charge is -2.09. The molecule has 0 aromatic carbocycles. The van der Waals surface area contributed by atoms with Crippen LogP contribution in [0.15, 0.2) is 0 Å². The molecule has 0 heterocycles. The van der Waals surface area contributed by atoms with Crippen molar-refractivity contribution >= 4 is 5.97 Å². The summed E-state index contributed by atoms with van der Waals surface area (Å²) >= 11 is 0. The van der Waals surface area contributed by atoms with E-state index >= 15 is 0 Å². The summed E-state index contributed by atoms with van der Waals surface area (Å²) in [4.78, 5) is 10.0. The Labute approximate surface area is 71.3 Å². The van der Waals surface area contributed by atoms with Crippen LogP contribution in [-0.2, 0) is 9.53 Å². The van der Waals surface area contributed by atoms with E-state index in [1.54, 1.807) is 7.11 Å². The Morgan fingerprint density at radius 3 is 2.83 bits per heavy atom. The number of carbonyl (C=O) groups is 1. The fourth-order valence-electron chi connectivity index (χ4n) is 0.702. The van der Waals surface area contributed by atoms with Gasteiger partial charge in [-0.1, -0.05) is 0 Å². The first kappa shape index (κ1) is 11.4. The number of rotatable bonds is 7. The molecule has 72 valence electrons. The van der Waals surface area contributed by atoms with Crippen molar-refractivity contribution in [3.63, 3.8) is 0 Å². The van der Waals surface area contributed by atoms with Gasteiger partial charge in [0, 0.05) is 20.3 Å². The van der Waals surface area contributed by atoms with Crippen LogP contribution in [0.3, 0.4) is 0 Å². The van der Waals surface area contributed by atoms with Crippen LogP contribution < -0.4 is 5.32 Å². The number of aliphatic hydroxyl groups excluding tert-OH is 1. The van der Waals surface area contributed by atoms with Gasteiger partial charge in [0.1, 0.15) is 0 Å². The quantitative estimate of drug-likeness (QED) is 0.467. The lowest BCUT2D eigenvalue weighted by molar-refractivity contribution is -0.136. The fraction of sp³-hybridized carbons (Fsp3) is 0.857. The Balaban J connectivity index is 3.19. The lowest BCUT2D eigenvalue weighted by Crippen LogP contribution is -2.31. The van der Waals surface area contributed by atoms with Crippen LogP contribution in [0.2, 0.25) is 0 Å². The van der Waals surface area contributed by atoms with E-state index in [1.165, 1.54) is 0 Å². The van der Waals surface area contributed by atoms with Gasteiger partial charge in [-0.25, -0.2) is 0 Å². The van der Waals surface area contributed by atoms with E-state index in [2.05, 4.69) is 5.32 Å². The lowest BCUT2D eigenvalue weighted by atomic mass is 10.2. The predicted molar refractivity (Wildman–Crippen MR) is 43.0 cm³/mol. The Bertz CT molecular complexity index is 129. The Morgan fingerprint density at radius 1 is 1.67 bits per heavy atom. The summed E-state index contributed by atoms with van der Waals surface area (Å²) < 4.78 is 4.74. The van der Waals surface area contributed by atoms with Crippen molar-refractivity contribution in [2.75, 3.05) is 26.8 Å². The van der Waals surface area contributed by atoms with Gasteiger partial charge in [0.05, 0.1) is 12.6 Å². The minimum atomic E-state index is -0.922. The molecule has 0 bridgehead atoms. The molecule has 0 spiro atoms. The number of aliphatic hydroxyl groups is 1. The molecule has 12 heavy (non-hydrogen) atoms. The molecule has 1 unspecified atom stereocenters. The molecule has 0 saturated heterocycles. The number of carboxylic acid groups (broad SMARTS) is 1. The normalized spacial score (nSPS) is 12.8. The fourth-order valence-corrected chi connectivity index (χ4v) is 0.702. The van der Waals surface area contributed by atoms with Crippen molar-refractivity contribution in [3.05, 3.63) is 0 Å². The minimum absolute atomic E-state index is 0.121. The number of nitrogens with one attached hydrogen (secondary N) is 1. The van der Waals surface area contributed by atoms with Crippen LogP contribution in [-0.4, -0.2) is 49.1 Å². The van der Waals surface area contributed by atoms with E-state index in [1.807, 2.05) is 0 Å². The maximum atomic E-state index is 10.0. The highest BCUT2D eigenvalue weighted by atomic mass is 16.5. The first-order valence-electron chi connectivity index (χ1n) is 3.76. The van der Waals surface area contributed by atoms with Gasteiger partial charge in [-0.15, -0.1) is 0 Å². The molecule has 0 fully saturated rings. The third-order valence-corrected chi connectivity index (χ3v) is 1.31. The third-order valence-electron chi connectivity index (χ3n) is 1.31. The maximum absolute atomic E-state index is 10.0. The van der Waals surface area contributed by atoms with Crippen molar-refractivity contribution in [2.24, 2.45) is 0 Å². The van der Waals surface area contributed by atoms with Crippen molar-refractivity contribution in [1.29, 1.82) is 0 Å². The number of hydrogen-bond donors (Lipinski definition) is 3.